The van der Waals surface area contributed by atoms with E-state index >= 15 is 0 Å². The Labute approximate surface area is 192 Å². The van der Waals surface area contributed by atoms with Crippen molar-refractivity contribution in [2.24, 2.45) is 0 Å². The zero-order chi connectivity index (χ0) is 22.7. The maximum absolute atomic E-state index is 13.6. The summed E-state index contributed by atoms with van der Waals surface area (Å²) < 4.78 is 5.50. The van der Waals surface area contributed by atoms with Crippen molar-refractivity contribution in [2.75, 3.05) is 11.5 Å². The summed E-state index contributed by atoms with van der Waals surface area (Å²) >= 11 is 1.42. The van der Waals surface area contributed by atoms with Crippen LogP contribution in [0.4, 0.5) is 5.69 Å². The molecule has 162 valence electrons. The summed E-state index contributed by atoms with van der Waals surface area (Å²) in [5, 5.41) is 0. The molecule has 4 nitrogen and oxygen atoms in total. The molecule has 0 saturated carbocycles. The molecule has 3 aromatic rings. The number of ether oxygens (including phenoxy) is 1. The standard InChI is InChI=1S/C27H25NO3S/c1-4-31-22-13-11-21(12-14-22)28-26(29)24(23-15-10-18(2)16-19(23)3)25(27(28)30)32-17-20-8-6-5-7-9-20/h5-16H,4,17H2,1-3H3. The number of rotatable bonds is 7. The van der Waals surface area contributed by atoms with Crippen molar-refractivity contribution >= 4 is 34.8 Å². The highest BCUT2D eigenvalue weighted by Crippen LogP contribution is 2.40. The second kappa shape index (κ2) is 9.45. The van der Waals surface area contributed by atoms with Crippen LogP contribution in [-0.2, 0) is 15.3 Å². The van der Waals surface area contributed by atoms with E-state index in [0.717, 1.165) is 22.3 Å². The lowest BCUT2D eigenvalue weighted by molar-refractivity contribution is -0.119. The Balaban J connectivity index is 1.73. The number of thioether (sulfide) groups is 1. The van der Waals surface area contributed by atoms with E-state index < -0.39 is 0 Å². The third-order valence-corrected chi connectivity index (χ3v) is 6.47. The molecule has 2 amide bonds. The lowest BCUT2D eigenvalue weighted by Gasteiger charge is -2.16. The van der Waals surface area contributed by atoms with Gasteiger partial charge in [-0.25, -0.2) is 4.90 Å². The van der Waals surface area contributed by atoms with Crippen molar-refractivity contribution in [3.63, 3.8) is 0 Å². The van der Waals surface area contributed by atoms with Gasteiger partial charge in [-0.2, -0.15) is 0 Å². The van der Waals surface area contributed by atoms with Gasteiger partial charge in [0.1, 0.15) is 5.75 Å². The van der Waals surface area contributed by atoms with Crippen LogP contribution in [0.2, 0.25) is 0 Å². The topological polar surface area (TPSA) is 46.6 Å². The fraction of sp³-hybridized carbons (Fsp3) is 0.185. The Bertz CT molecular complexity index is 1180. The minimum Gasteiger partial charge on any atom is -0.494 e. The number of aryl methyl sites for hydroxylation is 2. The first kappa shape index (κ1) is 21.9. The van der Waals surface area contributed by atoms with E-state index in [9.17, 15) is 9.59 Å². The molecular formula is C27H25NO3S. The molecule has 5 heteroatoms. The molecule has 0 bridgehead atoms. The number of nitrogens with zero attached hydrogens (tertiary/aromatic N) is 1. The van der Waals surface area contributed by atoms with Gasteiger partial charge in [0.05, 0.1) is 22.8 Å². The van der Waals surface area contributed by atoms with Gasteiger partial charge in [-0.15, -0.1) is 11.8 Å². The average Bonchev–Trinajstić information content (AvgIpc) is 3.03. The number of imide groups is 1. The van der Waals surface area contributed by atoms with Crippen molar-refractivity contribution in [1.82, 2.24) is 0 Å². The van der Waals surface area contributed by atoms with Crippen LogP contribution < -0.4 is 9.64 Å². The van der Waals surface area contributed by atoms with E-state index in [4.69, 9.17) is 4.74 Å². The van der Waals surface area contributed by atoms with Gasteiger partial charge in [0.15, 0.2) is 0 Å². The summed E-state index contributed by atoms with van der Waals surface area (Å²) in [6.07, 6.45) is 0. The summed E-state index contributed by atoms with van der Waals surface area (Å²) in [6.45, 7) is 6.47. The molecule has 0 saturated heterocycles. The van der Waals surface area contributed by atoms with Gasteiger partial charge in [-0.1, -0.05) is 54.1 Å². The Hall–Kier alpha value is -3.31. The van der Waals surface area contributed by atoms with Crippen LogP contribution in [-0.4, -0.2) is 18.4 Å². The summed E-state index contributed by atoms with van der Waals surface area (Å²) in [6, 6.07) is 23.0. The molecule has 0 unspecified atom stereocenters. The fourth-order valence-electron chi connectivity index (χ4n) is 3.80. The summed E-state index contributed by atoms with van der Waals surface area (Å²) in [5.74, 6) is 0.745. The predicted octanol–water partition coefficient (Wildman–Crippen LogP) is 5.92. The normalized spacial score (nSPS) is 13.8. The van der Waals surface area contributed by atoms with Gasteiger partial charge in [-0.3, -0.25) is 9.59 Å². The van der Waals surface area contributed by atoms with Gasteiger partial charge >= 0.3 is 0 Å². The third kappa shape index (κ3) is 4.34. The predicted molar refractivity (Wildman–Crippen MR) is 131 cm³/mol. The third-order valence-electron chi connectivity index (χ3n) is 5.32. The molecule has 32 heavy (non-hydrogen) atoms. The molecule has 0 spiro atoms. The van der Waals surface area contributed by atoms with E-state index in [1.165, 1.54) is 16.7 Å². The molecule has 0 N–H and O–H groups in total. The van der Waals surface area contributed by atoms with Crippen molar-refractivity contribution < 1.29 is 14.3 Å². The fourth-order valence-corrected chi connectivity index (χ4v) is 4.86. The number of benzene rings is 3. The van der Waals surface area contributed by atoms with Crippen LogP contribution in [0, 0.1) is 13.8 Å². The van der Waals surface area contributed by atoms with Gasteiger partial charge in [-0.05, 0) is 61.7 Å². The summed E-state index contributed by atoms with van der Waals surface area (Å²) in [7, 11) is 0. The monoisotopic (exact) mass is 443 g/mol. The van der Waals surface area contributed by atoms with Crippen molar-refractivity contribution in [3.8, 4) is 5.75 Å². The van der Waals surface area contributed by atoms with Crippen molar-refractivity contribution in [2.45, 2.75) is 26.5 Å². The molecule has 1 heterocycles. The number of carbonyl (C=O) groups is 2. The highest BCUT2D eigenvalue weighted by atomic mass is 32.2. The van der Waals surface area contributed by atoms with E-state index in [-0.39, 0.29) is 11.8 Å². The van der Waals surface area contributed by atoms with E-state index in [1.54, 1.807) is 24.3 Å². The smallest absolute Gasteiger partial charge is 0.272 e. The molecule has 0 radical (unpaired) electrons. The Morgan fingerprint density at radius 1 is 0.875 bits per heavy atom. The van der Waals surface area contributed by atoms with E-state index in [0.29, 0.717) is 34.3 Å². The van der Waals surface area contributed by atoms with Gasteiger partial charge < -0.3 is 4.74 Å². The van der Waals surface area contributed by atoms with E-state index in [1.807, 2.05) is 69.3 Å². The van der Waals surface area contributed by atoms with Crippen LogP contribution >= 0.6 is 11.8 Å². The molecule has 0 aromatic heterocycles. The first-order valence-electron chi connectivity index (χ1n) is 10.6. The molecule has 4 rings (SSSR count). The second-order valence-electron chi connectivity index (χ2n) is 7.67. The maximum atomic E-state index is 13.6. The first-order chi connectivity index (χ1) is 15.5. The number of hydrogen-bond acceptors (Lipinski definition) is 4. The molecule has 0 aliphatic carbocycles. The SMILES string of the molecule is CCOc1ccc(N2C(=O)C(SCc3ccccc3)=C(c3ccc(C)cc3C)C2=O)cc1. The Kier molecular flexibility index (Phi) is 6.47. The number of hydrogen-bond donors (Lipinski definition) is 0. The van der Waals surface area contributed by atoms with Crippen LogP contribution in [0.15, 0.2) is 77.7 Å². The van der Waals surface area contributed by atoms with Crippen molar-refractivity contribution in [1.29, 1.82) is 0 Å². The number of amides is 2. The molecular weight excluding hydrogens is 418 g/mol. The van der Waals surface area contributed by atoms with Gasteiger partial charge in [0.2, 0.25) is 0 Å². The largest absolute Gasteiger partial charge is 0.494 e. The molecule has 1 aliphatic heterocycles. The minimum atomic E-state index is -0.290. The van der Waals surface area contributed by atoms with E-state index in [2.05, 4.69) is 0 Å². The van der Waals surface area contributed by atoms with Gasteiger partial charge in [0.25, 0.3) is 11.8 Å². The Morgan fingerprint density at radius 2 is 1.59 bits per heavy atom. The number of carbonyl (C=O) groups excluding carboxylic acids is 2. The van der Waals surface area contributed by atoms with Gasteiger partial charge in [0, 0.05) is 5.75 Å². The first-order valence-corrected chi connectivity index (χ1v) is 11.6. The van der Waals surface area contributed by atoms with Crippen LogP contribution in [0.25, 0.3) is 5.57 Å². The van der Waals surface area contributed by atoms with Crippen LogP contribution in [0.3, 0.4) is 0 Å². The summed E-state index contributed by atoms with van der Waals surface area (Å²) in [5.41, 5.74) is 5.02. The lowest BCUT2D eigenvalue weighted by Crippen LogP contribution is -2.31. The molecule has 0 atom stereocenters. The molecule has 3 aromatic carbocycles. The summed E-state index contributed by atoms with van der Waals surface area (Å²) in [4.78, 5) is 28.9. The molecule has 0 fully saturated rings. The quantitative estimate of drug-likeness (QED) is 0.425. The lowest BCUT2D eigenvalue weighted by atomic mass is 9.99. The Morgan fingerprint density at radius 3 is 2.25 bits per heavy atom. The van der Waals surface area contributed by atoms with Crippen LogP contribution in [0.1, 0.15) is 29.2 Å². The highest BCUT2D eigenvalue weighted by molar-refractivity contribution is 8.03. The zero-order valence-electron chi connectivity index (χ0n) is 18.4. The number of anilines is 1. The average molecular weight is 444 g/mol. The molecule has 1 aliphatic rings. The maximum Gasteiger partial charge on any atom is 0.272 e. The van der Waals surface area contributed by atoms with Crippen LogP contribution in [0.5, 0.6) is 5.75 Å². The highest BCUT2D eigenvalue weighted by Gasteiger charge is 2.40. The van der Waals surface area contributed by atoms with Crippen molar-refractivity contribution in [3.05, 3.63) is 100.0 Å². The second-order valence-corrected chi connectivity index (χ2v) is 8.66. The minimum absolute atomic E-state index is 0.282. The zero-order valence-corrected chi connectivity index (χ0v) is 19.2.